The van der Waals surface area contributed by atoms with Crippen LogP contribution < -0.4 is 10.3 Å². The third-order valence-corrected chi connectivity index (χ3v) is 5.50. The third-order valence-electron chi connectivity index (χ3n) is 5.50. The van der Waals surface area contributed by atoms with Crippen molar-refractivity contribution in [3.63, 3.8) is 0 Å². The molecule has 0 aliphatic carbocycles. The molecule has 5 nitrogen and oxygen atoms in total. The lowest BCUT2D eigenvalue weighted by Crippen LogP contribution is -2.27. The summed E-state index contributed by atoms with van der Waals surface area (Å²) >= 11 is 0. The SMILES string of the molecule is CCOc1ccc(-c2c(C)nc(-c3cccc(F)c3O)n(CCc3ccccc3)c2=O)cc1. The second kappa shape index (κ2) is 9.69. The topological polar surface area (TPSA) is 64.3 Å². The summed E-state index contributed by atoms with van der Waals surface area (Å²) in [6, 6.07) is 21.3. The number of aryl methyl sites for hydroxylation is 2. The highest BCUT2D eigenvalue weighted by molar-refractivity contribution is 5.70. The summed E-state index contributed by atoms with van der Waals surface area (Å²) in [6.07, 6.45) is 0.581. The smallest absolute Gasteiger partial charge is 0.261 e. The van der Waals surface area contributed by atoms with Crippen LogP contribution in [-0.2, 0) is 13.0 Å². The molecule has 0 saturated carbocycles. The number of hydrogen-bond donors (Lipinski definition) is 1. The fourth-order valence-corrected chi connectivity index (χ4v) is 3.87. The van der Waals surface area contributed by atoms with Gasteiger partial charge in [0.2, 0.25) is 0 Å². The number of nitrogens with zero attached hydrogens (tertiary/aromatic N) is 2. The van der Waals surface area contributed by atoms with Crippen molar-refractivity contribution < 1.29 is 14.2 Å². The zero-order valence-corrected chi connectivity index (χ0v) is 18.6. The number of aromatic nitrogens is 2. The molecule has 0 saturated heterocycles. The Balaban J connectivity index is 1.86. The predicted octanol–water partition coefficient (Wildman–Crippen LogP) is 5.37. The van der Waals surface area contributed by atoms with Gasteiger partial charge in [0.1, 0.15) is 11.6 Å². The molecule has 4 rings (SSSR count). The van der Waals surface area contributed by atoms with Crippen LogP contribution in [0.3, 0.4) is 0 Å². The average molecular weight is 445 g/mol. The first kappa shape index (κ1) is 22.3. The summed E-state index contributed by atoms with van der Waals surface area (Å²) in [5.41, 5.74) is 2.67. The van der Waals surface area contributed by atoms with E-state index in [1.54, 1.807) is 13.0 Å². The number of hydrogen-bond acceptors (Lipinski definition) is 4. The Morgan fingerprint density at radius 1 is 1.00 bits per heavy atom. The number of ether oxygens (including phenoxy) is 1. The van der Waals surface area contributed by atoms with Gasteiger partial charge in [-0.2, -0.15) is 0 Å². The lowest BCUT2D eigenvalue weighted by Gasteiger charge is -2.17. The predicted molar refractivity (Wildman–Crippen MR) is 127 cm³/mol. The lowest BCUT2D eigenvalue weighted by atomic mass is 10.0. The van der Waals surface area contributed by atoms with Gasteiger partial charge in [-0.05, 0) is 55.7 Å². The van der Waals surface area contributed by atoms with Gasteiger partial charge in [0.15, 0.2) is 11.6 Å². The summed E-state index contributed by atoms with van der Waals surface area (Å²) in [5.74, 6) is -0.326. The summed E-state index contributed by atoms with van der Waals surface area (Å²) < 4.78 is 21.1. The number of para-hydroxylation sites is 1. The van der Waals surface area contributed by atoms with Gasteiger partial charge in [0.25, 0.3) is 5.56 Å². The van der Waals surface area contributed by atoms with Gasteiger partial charge in [-0.25, -0.2) is 9.37 Å². The van der Waals surface area contributed by atoms with Crippen molar-refractivity contribution in [3.05, 3.63) is 100 Å². The fraction of sp³-hybridized carbons (Fsp3) is 0.185. The summed E-state index contributed by atoms with van der Waals surface area (Å²) in [5, 5.41) is 10.4. The molecule has 0 atom stereocenters. The molecule has 0 spiro atoms. The maximum Gasteiger partial charge on any atom is 0.261 e. The maximum atomic E-state index is 14.1. The Morgan fingerprint density at radius 2 is 1.73 bits per heavy atom. The number of aromatic hydroxyl groups is 1. The van der Waals surface area contributed by atoms with Gasteiger partial charge in [-0.1, -0.05) is 48.5 Å². The first-order valence-electron chi connectivity index (χ1n) is 10.9. The Morgan fingerprint density at radius 3 is 2.42 bits per heavy atom. The van der Waals surface area contributed by atoms with Crippen LogP contribution in [0.2, 0.25) is 0 Å². The molecule has 1 aromatic heterocycles. The first-order chi connectivity index (χ1) is 16.0. The van der Waals surface area contributed by atoms with Gasteiger partial charge < -0.3 is 9.84 Å². The molecule has 6 heteroatoms. The molecule has 3 aromatic carbocycles. The first-order valence-corrected chi connectivity index (χ1v) is 10.9. The van der Waals surface area contributed by atoms with E-state index in [2.05, 4.69) is 4.98 Å². The van der Waals surface area contributed by atoms with Crippen molar-refractivity contribution in [2.24, 2.45) is 0 Å². The van der Waals surface area contributed by atoms with E-state index in [1.807, 2.05) is 61.5 Å². The van der Waals surface area contributed by atoms with Gasteiger partial charge in [0.05, 0.1) is 23.4 Å². The van der Waals surface area contributed by atoms with Crippen molar-refractivity contribution in [2.75, 3.05) is 6.61 Å². The molecule has 0 aliphatic rings. The Hall–Kier alpha value is -3.93. The van der Waals surface area contributed by atoms with Gasteiger partial charge in [0, 0.05) is 6.54 Å². The second-order valence-electron chi connectivity index (χ2n) is 7.68. The van der Waals surface area contributed by atoms with Gasteiger partial charge in [-0.3, -0.25) is 9.36 Å². The number of phenols is 1. The molecule has 1 heterocycles. The van der Waals surface area contributed by atoms with E-state index in [4.69, 9.17) is 4.74 Å². The van der Waals surface area contributed by atoms with E-state index in [-0.39, 0.29) is 16.9 Å². The Labute approximate surface area is 191 Å². The average Bonchev–Trinajstić information content (AvgIpc) is 2.82. The Bertz CT molecular complexity index is 1320. The Kier molecular flexibility index (Phi) is 6.54. The summed E-state index contributed by atoms with van der Waals surface area (Å²) in [4.78, 5) is 18.4. The van der Waals surface area contributed by atoms with Crippen LogP contribution in [0, 0.1) is 12.7 Å². The molecular weight excluding hydrogens is 419 g/mol. The van der Waals surface area contributed by atoms with Crippen molar-refractivity contribution in [1.29, 1.82) is 0 Å². The minimum absolute atomic E-state index is 0.182. The fourth-order valence-electron chi connectivity index (χ4n) is 3.87. The van der Waals surface area contributed by atoms with E-state index in [0.29, 0.717) is 30.8 Å². The second-order valence-corrected chi connectivity index (χ2v) is 7.68. The zero-order chi connectivity index (χ0) is 23.4. The molecule has 1 N–H and O–H groups in total. The third kappa shape index (κ3) is 4.65. The number of rotatable bonds is 7. The molecule has 0 bridgehead atoms. The van der Waals surface area contributed by atoms with E-state index in [1.165, 1.54) is 16.7 Å². The maximum absolute atomic E-state index is 14.1. The highest BCUT2D eigenvalue weighted by Gasteiger charge is 2.20. The van der Waals surface area contributed by atoms with E-state index < -0.39 is 11.6 Å². The molecule has 4 aromatic rings. The molecule has 0 radical (unpaired) electrons. The minimum Gasteiger partial charge on any atom is -0.504 e. The van der Waals surface area contributed by atoms with Gasteiger partial charge >= 0.3 is 0 Å². The van der Waals surface area contributed by atoms with E-state index >= 15 is 0 Å². The van der Waals surface area contributed by atoms with Crippen LogP contribution in [0.25, 0.3) is 22.5 Å². The van der Waals surface area contributed by atoms with Crippen molar-refractivity contribution >= 4 is 0 Å². The van der Waals surface area contributed by atoms with Crippen molar-refractivity contribution in [3.8, 4) is 34.0 Å². The summed E-state index contributed by atoms with van der Waals surface area (Å²) in [7, 11) is 0. The molecule has 0 fully saturated rings. The largest absolute Gasteiger partial charge is 0.504 e. The van der Waals surface area contributed by atoms with Crippen LogP contribution in [-0.4, -0.2) is 21.3 Å². The number of benzene rings is 3. The van der Waals surface area contributed by atoms with E-state index in [9.17, 15) is 14.3 Å². The zero-order valence-electron chi connectivity index (χ0n) is 18.6. The lowest BCUT2D eigenvalue weighted by molar-refractivity contribution is 0.340. The number of halogens is 1. The number of phenolic OH excluding ortho intramolecular Hbond substituents is 1. The van der Waals surface area contributed by atoms with Gasteiger partial charge in [-0.15, -0.1) is 0 Å². The van der Waals surface area contributed by atoms with E-state index in [0.717, 1.165) is 16.9 Å². The normalized spacial score (nSPS) is 10.9. The molecule has 168 valence electrons. The standard InChI is InChI=1S/C27H25FN2O3/c1-3-33-21-14-12-20(13-15-21)24-18(2)29-26(22-10-7-11-23(28)25(22)31)30(27(24)32)17-16-19-8-5-4-6-9-19/h4-15,31H,3,16-17H2,1-2H3. The van der Waals surface area contributed by atoms with Crippen LogP contribution in [0.4, 0.5) is 4.39 Å². The quantitative estimate of drug-likeness (QED) is 0.416. The summed E-state index contributed by atoms with van der Waals surface area (Å²) in [6.45, 7) is 4.53. The van der Waals surface area contributed by atoms with Crippen molar-refractivity contribution in [1.82, 2.24) is 9.55 Å². The van der Waals surface area contributed by atoms with Crippen LogP contribution >= 0.6 is 0 Å². The van der Waals surface area contributed by atoms with Crippen LogP contribution in [0.5, 0.6) is 11.5 Å². The molecule has 0 unspecified atom stereocenters. The van der Waals surface area contributed by atoms with Crippen LogP contribution in [0.1, 0.15) is 18.2 Å². The monoisotopic (exact) mass is 444 g/mol. The molecule has 0 amide bonds. The van der Waals surface area contributed by atoms with Crippen LogP contribution in [0.15, 0.2) is 77.6 Å². The molecule has 0 aliphatic heterocycles. The molecule has 33 heavy (non-hydrogen) atoms. The molecular formula is C27H25FN2O3. The van der Waals surface area contributed by atoms with Crippen molar-refractivity contribution in [2.45, 2.75) is 26.8 Å². The highest BCUT2D eigenvalue weighted by Crippen LogP contribution is 2.31. The highest BCUT2D eigenvalue weighted by atomic mass is 19.1. The minimum atomic E-state index is -0.760.